The van der Waals surface area contributed by atoms with Gasteiger partial charge in [-0.2, -0.15) is 0 Å². The van der Waals surface area contributed by atoms with Gasteiger partial charge >= 0.3 is 0 Å². The van der Waals surface area contributed by atoms with Crippen LogP contribution in [0.1, 0.15) is 37.0 Å². The van der Waals surface area contributed by atoms with Gasteiger partial charge in [0.15, 0.2) is 9.84 Å². The molecule has 0 aromatic heterocycles. The molecule has 0 radical (unpaired) electrons. The lowest BCUT2D eigenvalue weighted by molar-refractivity contribution is 0.284. The van der Waals surface area contributed by atoms with E-state index in [2.05, 4.69) is 0 Å². The van der Waals surface area contributed by atoms with Gasteiger partial charge in [-0.25, -0.2) is 8.42 Å². The summed E-state index contributed by atoms with van der Waals surface area (Å²) in [5, 5.41) is 8.19. The van der Waals surface area contributed by atoms with Crippen molar-refractivity contribution in [1.82, 2.24) is 0 Å². The van der Waals surface area contributed by atoms with E-state index in [9.17, 15) is 8.42 Å². The molecule has 0 aliphatic rings. The zero-order valence-electron chi connectivity index (χ0n) is 10.2. The number of sulfone groups is 1. The van der Waals surface area contributed by atoms with E-state index in [1.807, 2.05) is 30.3 Å². The van der Waals surface area contributed by atoms with Crippen LogP contribution in [0.5, 0.6) is 0 Å². The maximum atomic E-state index is 12.0. The molecule has 3 nitrogen and oxygen atoms in total. The van der Waals surface area contributed by atoms with Crippen LogP contribution in [0, 0.1) is 0 Å². The number of benzene rings is 1. The summed E-state index contributed by atoms with van der Waals surface area (Å²) in [6.07, 6.45) is 2.06. The van der Waals surface area contributed by atoms with E-state index in [-0.39, 0.29) is 12.4 Å². The predicted molar refractivity (Wildman–Crippen MR) is 69.6 cm³/mol. The predicted octanol–water partition coefficient (Wildman–Crippen LogP) is 2.33. The highest BCUT2D eigenvalue weighted by molar-refractivity contribution is 7.91. The number of hydrogen-bond acceptors (Lipinski definition) is 3. The average Bonchev–Trinajstić information content (AvgIpc) is 2.35. The highest BCUT2D eigenvalue weighted by Gasteiger charge is 2.21. The van der Waals surface area contributed by atoms with Gasteiger partial charge in [0.1, 0.15) is 0 Å². The number of aliphatic hydroxyl groups is 1. The zero-order valence-corrected chi connectivity index (χ0v) is 11.0. The molecule has 0 spiro atoms. The second-order valence-electron chi connectivity index (χ2n) is 4.20. The third-order valence-electron chi connectivity index (χ3n) is 2.89. The Labute approximate surface area is 103 Å². The summed E-state index contributed by atoms with van der Waals surface area (Å²) in [7, 11) is -3.08. The Kier molecular flexibility index (Phi) is 5.65. The molecular formula is C13H20O3S. The van der Waals surface area contributed by atoms with Crippen LogP contribution < -0.4 is 0 Å². The largest absolute Gasteiger partial charge is 0.396 e. The smallest absolute Gasteiger partial charge is 0.157 e. The molecule has 0 amide bonds. The first-order valence-corrected chi connectivity index (χ1v) is 7.67. The van der Waals surface area contributed by atoms with E-state index < -0.39 is 15.1 Å². The van der Waals surface area contributed by atoms with Crippen LogP contribution in [0.25, 0.3) is 0 Å². The molecule has 0 saturated heterocycles. The molecule has 1 atom stereocenters. The molecule has 1 aromatic carbocycles. The molecule has 1 N–H and O–H groups in total. The minimum Gasteiger partial charge on any atom is -0.396 e. The lowest BCUT2D eigenvalue weighted by Gasteiger charge is -2.13. The maximum absolute atomic E-state index is 12.0. The van der Waals surface area contributed by atoms with E-state index in [0.717, 1.165) is 12.0 Å². The summed E-state index contributed by atoms with van der Waals surface area (Å²) in [5.41, 5.74) is 0.842. The minimum atomic E-state index is -3.08. The minimum absolute atomic E-state index is 0.133. The molecule has 17 heavy (non-hydrogen) atoms. The van der Waals surface area contributed by atoms with Crippen LogP contribution in [0.2, 0.25) is 0 Å². The van der Waals surface area contributed by atoms with Crippen LogP contribution in [-0.2, 0) is 9.84 Å². The molecule has 1 unspecified atom stereocenters. The molecule has 0 aliphatic carbocycles. The van der Waals surface area contributed by atoms with Gasteiger partial charge in [-0.1, -0.05) is 36.8 Å². The topological polar surface area (TPSA) is 54.4 Å². The van der Waals surface area contributed by atoms with Gasteiger partial charge in [0.25, 0.3) is 0 Å². The number of rotatable bonds is 7. The van der Waals surface area contributed by atoms with Crippen molar-refractivity contribution in [3.8, 4) is 0 Å². The first kappa shape index (κ1) is 14.2. The molecule has 0 aliphatic heterocycles. The van der Waals surface area contributed by atoms with Gasteiger partial charge in [0.05, 0.1) is 11.0 Å². The molecule has 0 heterocycles. The average molecular weight is 256 g/mol. The lowest BCUT2D eigenvalue weighted by atomic mass is 10.2. The molecule has 0 bridgehead atoms. The van der Waals surface area contributed by atoms with Gasteiger partial charge in [-0.05, 0) is 25.3 Å². The van der Waals surface area contributed by atoms with Crippen molar-refractivity contribution in [2.24, 2.45) is 0 Å². The van der Waals surface area contributed by atoms with E-state index >= 15 is 0 Å². The summed E-state index contributed by atoms with van der Waals surface area (Å²) >= 11 is 0. The number of aliphatic hydroxyl groups excluding tert-OH is 1. The first-order chi connectivity index (χ1) is 8.08. The molecule has 0 saturated carbocycles. The van der Waals surface area contributed by atoms with Gasteiger partial charge in [0, 0.05) is 6.61 Å². The van der Waals surface area contributed by atoms with Crippen LogP contribution in [-0.4, -0.2) is 25.9 Å². The highest BCUT2D eigenvalue weighted by atomic mass is 32.2. The van der Waals surface area contributed by atoms with E-state index in [0.29, 0.717) is 12.8 Å². The Morgan fingerprint density at radius 3 is 2.35 bits per heavy atom. The van der Waals surface area contributed by atoms with Crippen molar-refractivity contribution in [2.75, 3.05) is 12.4 Å². The van der Waals surface area contributed by atoms with Crippen LogP contribution in [0.15, 0.2) is 30.3 Å². The SMILES string of the molecule is CC(c1ccccc1)S(=O)(=O)CCCCCO. The summed E-state index contributed by atoms with van der Waals surface area (Å²) in [4.78, 5) is 0. The van der Waals surface area contributed by atoms with Gasteiger partial charge < -0.3 is 5.11 Å². The summed E-state index contributed by atoms with van der Waals surface area (Å²) in [6.45, 7) is 1.87. The zero-order chi connectivity index (χ0) is 12.7. The number of unbranched alkanes of at least 4 members (excludes halogenated alkanes) is 2. The third-order valence-corrected chi connectivity index (χ3v) is 5.10. The van der Waals surface area contributed by atoms with Gasteiger partial charge in [-0.3, -0.25) is 0 Å². The summed E-state index contributed by atoms with van der Waals surface area (Å²) in [6, 6.07) is 9.27. The van der Waals surface area contributed by atoms with Crippen molar-refractivity contribution >= 4 is 9.84 Å². The fourth-order valence-corrected chi connectivity index (χ4v) is 3.23. The Balaban J connectivity index is 2.58. The Hall–Kier alpha value is -0.870. The van der Waals surface area contributed by atoms with E-state index in [4.69, 9.17) is 5.11 Å². The van der Waals surface area contributed by atoms with Crippen LogP contribution >= 0.6 is 0 Å². The molecule has 0 fully saturated rings. The third kappa shape index (κ3) is 4.48. The Morgan fingerprint density at radius 1 is 1.12 bits per heavy atom. The first-order valence-electron chi connectivity index (χ1n) is 5.95. The molecule has 1 rings (SSSR count). The second kappa shape index (κ2) is 6.77. The molecular weight excluding hydrogens is 236 g/mol. The van der Waals surface area contributed by atoms with Crippen molar-refractivity contribution in [2.45, 2.75) is 31.4 Å². The monoisotopic (exact) mass is 256 g/mol. The standard InChI is InChI=1S/C13H20O3S/c1-12(13-8-4-2-5-9-13)17(15,16)11-7-3-6-10-14/h2,4-5,8-9,12,14H,3,6-7,10-11H2,1H3. The van der Waals surface area contributed by atoms with Crippen LogP contribution in [0.3, 0.4) is 0 Å². The quantitative estimate of drug-likeness (QED) is 0.762. The Bertz CT molecular complexity index is 412. The van der Waals surface area contributed by atoms with Crippen molar-refractivity contribution in [1.29, 1.82) is 0 Å². The van der Waals surface area contributed by atoms with E-state index in [1.54, 1.807) is 6.92 Å². The summed E-state index contributed by atoms with van der Waals surface area (Å²) in [5.74, 6) is 0.197. The molecule has 4 heteroatoms. The number of hydrogen-bond donors (Lipinski definition) is 1. The lowest BCUT2D eigenvalue weighted by Crippen LogP contribution is -2.14. The highest BCUT2D eigenvalue weighted by Crippen LogP contribution is 2.22. The van der Waals surface area contributed by atoms with Crippen molar-refractivity contribution in [3.63, 3.8) is 0 Å². The van der Waals surface area contributed by atoms with Crippen molar-refractivity contribution < 1.29 is 13.5 Å². The molecule has 1 aromatic rings. The fourth-order valence-electron chi connectivity index (χ4n) is 1.70. The summed E-state index contributed by atoms with van der Waals surface area (Å²) < 4.78 is 24.1. The normalized spacial score (nSPS) is 13.5. The van der Waals surface area contributed by atoms with Gasteiger partial charge in [-0.15, -0.1) is 0 Å². The second-order valence-corrected chi connectivity index (χ2v) is 6.65. The fraction of sp³-hybridized carbons (Fsp3) is 0.538. The van der Waals surface area contributed by atoms with Gasteiger partial charge in [0.2, 0.25) is 0 Å². The Morgan fingerprint density at radius 2 is 1.76 bits per heavy atom. The van der Waals surface area contributed by atoms with Crippen LogP contribution in [0.4, 0.5) is 0 Å². The van der Waals surface area contributed by atoms with Crippen molar-refractivity contribution in [3.05, 3.63) is 35.9 Å². The maximum Gasteiger partial charge on any atom is 0.157 e. The molecule has 96 valence electrons. The van der Waals surface area contributed by atoms with E-state index in [1.165, 1.54) is 0 Å².